The van der Waals surface area contributed by atoms with Gasteiger partial charge in [-0.25, -0.2) is 0 Å². The predicted molar refractivity (Wildman–Crippen MR) is 80.5 cm³/mol. The van der Waals surface area contributed by atoms with E-state index in [1.165, 1.54) is 75.0 Å². The first-order chi connectivity index (χ1) is 7.85. The number of hydrogen-bond donors (Lipinski definition) is 0. The summed E-state index contributed by atoms with van der Waals surface area (Å²) in [7, 11) is 0.771. The van der Waals surface area contributed by atoms with Crippen LogP contribution in [-0.2, 0) is 10.9 Å². The van der Waals surface area contributed by atoms with Crippen LogP contribution in [0, 0.1) is 0 Å². The minimum atomic E-state index is 0. The summed E-state index contributed by atoms with van der Waals surface area (Å²) in [6.07, 6.45) is 12.9. The third-order valence-corrected chi connectivity index (χ3v) is 5.71. The zero-order valence-corrected chi connectivity index (χ0v) is 13.8. The molecule has 0 saturated carbocycles. The molecule has 0 saturated heterocycles. The van der Waals surface area contributed by atoms with Gasteiger partial charge in [0.05, 0.1) is 0 Å². The van der Waals surface area contributed by atoms with E-state index in [9.17, 15) is 0 Å². The van der Waals surface area contributed by atoms with E-state index < -0.39 is 0 Å². The van der Waals surface area contributed by atoms with Gasteiger partial charge in [-0.15, -0.1) is 0 Å². The monoisotopic (exact) mass is 280 g/mol. The van der Waals surface area contributed by atoms with Gasteiger partial charge in [-0.1, -0.05) is 40.0 Å². The number of unbranched alkanes of at least 4 members (excludes halogenated alkanes) is 6. The van der Waals surface area contributed by atoms with Gasteiger partial charge in [0.25, 0.3) is 0 Å². The van der Waals surface area contributed by atoms with Crippen LogP contribution in [0.3, 0.4) is 0 Å². The third kappa shape index (κ3) is 14.6. The van der Waals surface area contributed by atoms with Crippen LogP contribution in [0.15, 0.2) is 0 Å². The average molecular weight is 281 g/mol. The summed E-state index contributed by atoms with van der Waals surface area (Å²) in [6, 6.07) is 0. The lowest BCUT2D eigenvalue weighted by molar-refractivity contribution is -0.00000370. The van der Waals surface area contributed by atoms with Crippen molar-refractivity contribution in [2.75, 3.05) is 17.3 Å². The minimum Gasteiger partial charge on any atom is -1.00 e. The molecule has 0 radical (unpaired) electrons. The zero-order chi connectivity index (χ0) is 12.1. The third-order valence-electron chi connectivity index (χ3n) is 3.11. The summed E-state index contributed by atoms with van der Waals surface area (Å²) in [5.74, 6) is 4.59. The van der Waals surface area contributed by atoms with Gasteiger partial charge in [0.15, 0.2) is 0 Å². The van der Waals surface area contributed by atoms with E-state index in [-0.39, 0.29) is 12.4 Å². The Labute approximate surface area is 119 Å². The summed E-state index contributed by atoms with van der Waals surface area (Å²) in [4.78, 5) is 0. The van der Waals surface area contributed by atoms with Crippen LogP contribution < -0.4 is 12.4 Å². The van der Waals surface area contributed by atoms with Crippen LogP contribution >= 0.6 is 0 Å². The van der Waals surface area contributed by atoms with Crippen molar-refractivity contribution in [3.8, 4) is 0 Å². The van der Waals surface area contributed by atoms with Crippen LogP contribution in [0.4, 0.5) is 0 Å². The molecule has 0 atom stereocenters. The number of hydrogen-bond acceptors (Lipinski definition) is 0. The Morgan fingerprint density at radius 2 is 0.824 bits per heavy atom. The van der Waals surface area contributed by atoms with Gasteiger partial charge in [0, 0.05) is 0 Å². The van der Waals surface area contributed by atoms with Gasteiger partial charge < -0.3 is 12.4 Å². The first kappa shape index (κ1) is 20.0. The molecular weight excluding hydrogens is 248 g/mol. The van der Waals surface area contributed by atoms with E-state index in [2.05, 4.69) is 20.8 Å². The normalized spacial score (nSPS) is 10.6. The highest BCUT2D eigenvalue weighted by Crippen LogP contribution is 2.10. The molecule has 0 rings (SSSR count). The second-order valence-electron chi connectivity index (χ2n) is 4.85. The van der Waals surface area contributed by atoms with Gasteiger partial charge in [-0.3, -0.25) is 0 Å². The maximum Gasteiger partial charge on any atom is 0.108 e. The summed E-state index contributed by atoms with van der Waals surface area (Å²) in [5, 5.41) is 0. The van der Waals surface area contributed by atoms with E-state index in [0.29, 0.717) is 0 Å². The SMILES string of the molecule is CCCCC[S+](CCCCC)CCCCC.[Cl-]. The Balaban J connectivity index is 0. The van der Waals surface area contributed by atoms with Crippen molar-refractivity contribution < 1.29 is 12.4 Å². The van der Waals surface area contributed by atoms with Crippen molar-refractivity contribution in [2.24, 2.45) is 0 Å². The molecule has 0 N–H and O–H groups in total. The summed E-state index contributed by atoms with van der Waals surface area (Å²) in [5.41, 5.74) is 0. The van der Waals surface area contributed by atoms with Crippen molar-refractivity contribution in [2.45, 2.75) is 78.6 Å². The number of rotatable bonds is 12. The molecule has 0 amide bonds. The van der Waals surface area contributed by atoms with Gasteiger partial charge >= 0.3 is 0 Å². The largest absolute Gasteiger partial charge is 1.00 e. The lowest BCUT2D eigenvalue weighted by atomic mass is 10.3. The zero-order valence-electron chi connectivity index (χ0n) is 12.3. The highest BCUT2D eigenvalue weighted by Gasteiger charge is 2.15. The van der Waals surface area contributed by atoms with Crippen molar-refractivity contribution in [1.29, 1.82) is 0 Å². The van der Waals surface area contributed by atoms with E-state index in [1.807, 2.05) is 0 Å². The fourth-order valence-corrected chi connectivity index (χ4v) is 4.42. The molecule has 0 aliphatic heterocycles. The summed E-state index contributed by atoms with van der Waals surface area (Å²) < 4.78 is 0. The Hall–Kier alpha value is 0.640. The predicted octanol–water partition coefficient (Wildman–Crippen LogP) is 2.18. The molecule has 0 aromatic heterocycles. The quantitative estimate of drug-likeness (QED) is 0.380. The molecule has 17 heavy (non-hydrogen) atoms. The van der Waals surface area contributed by atoms with Crippen molar-refractivity contribution in [3.05, 3.63) is 0 Å². The average Bonchev–Trinajstić information content (AvgIpc) is 2.29. The van der Waals surface area contributed by atoms with Gasteiger partial charge in [0.1, 0.15) is 17.3 Å². The van der Waals surface area contributed by atoms with Crippen LogP contribution in [0.25, 0.3) is 0 Å². The second-order valence-corrected chi connectivity index (χ2v) is 7.30. The minimum absolute atomic E-state index is 0. The Kier molecular flexibility index (Phi) is 19.5. The lowest BCUT2D eigenvalue weighted by Gasteiger charge is -2.08. The first-order valence-electron chi connectivity index (χ1n) is 7.49. The molecule has 0 aliphatic carbocycles. The van der Waals surface area contributed by atoms with E-state index in [4.69, 9.17) is 0 Å². The van der Waals surface area contributed by atoms with E-state index in [1.54, 1.807) is 0 Å². The smallest absolute Gasteiger partial charge is 0.108 e. The fraction of sp³-hybridized carbons (Fsp3) is 1.00. The first-order valence-corrected chi connectivity index (χ1v) is 9.22. The molecule has 0 spiro atoms. The molecule has 0 aromatic carbocycles. The van der Waals surface area contributed by atoms with Crippen LogP contribution in [0.2, 0.25) is 0 Å². The summed E-state index contributed by atoms with van der Waals surface area (Å²) >= 11 is 0. The topological polar surface area (TPSA) is 0 Å². The number of halogens is 1. The Morgan fingerprint density at radius 3 is 1.06 bits per heavy atom. The molecule has 0 bridgehead atoms. The Morgan fingerprint density at radius 1 is 0.529 bits per heavy atom. The van der Waals surface area contributed by atoms with Crippen LogP contribution in [0.1, 0.15) is 78.6 Å². The molecular formula is C15H33ClS. The van der Waals surface area contributed by atoms with Crippen LogP contribution in [-0.4, -0.2) is 17.3 Å². The van der Waals surface area contributed by atoms with E-state index >= 15 is 0 Å². The standard InChI is InChI=1S/C15H33S.ClH/c1-4-7-10-13-16(14-11-8-5-2)15-12-9-6-3;/h4-15H2,1-3H3;1H/q+1;/p-1. The maximum absolute atomic E-state index is 2.31. The molecule has 0 fully saturated rings. The van der Waals surface area contributed by atoms with Gasteiger partial charge in [0.2, 0.25) is 0 Å². The van der Waals surface area contributed by atoms with Crippen molar-refractivity contribution in [3.63, 3.8) is 0 Å². The molecule has 0 heterocycles. The molecule has 0 aromatic rings. The fourth-order valence-electron chi connectivity index (χ4n) is 1.97. The van der Waals surface area contributed by atoms with Gasteiger partial charge in [-0.2, -0.15) is 0 Å². The molecule has 0 aliphatic rings. The van der Waals surface area contributed by atoms with Crippen molar-refractivity contribution >= 4 is 10.9 Å². The molecule has 106 valence electrons. The second kappa shape index (κ2) is 16.6. The molecule has 0 nitrogen and oxygen atoms in total. The molecule has 0 unspecified atom stereocenters. The van der Waals surface area contributed by atoms with Crippen LogP contribution in [0.5, 0.6) is 0 Å². The lowest BCUT2D eigenvalue weighted by Crippen LogP contribution is -3.00. The highest BCUT2D eigenvalue weighted by molar-refractivity contribution is 7.96. The summed E-state index contributed by atoms with van der Waals surface area (Å²) in [6.45, 7) is 6.94. The Bertz CT molecular complexity index is 104. The molecule has 2 heteroatoms. The van der Waals surface area contributed by atoms with Crippen molar-refractivity contribution in [1.82, 2.24) is 0 Å². The van der Waals surface area contributed by atoms with E-state index in [0.717, 1.165) is 10.9 Å². The highest BCUT2D eigenvalue weighted by atomic mass is 35.5. The van der Waals surface area contributed by atoms with Gasteiger partial charge in [-0.05, 0) is 49.4 Å². The maximum atomic E-state index is 2.31.